The van der Waals surface area contributed by atoms with Gasteiger partial charge in [0.1, 0.15) is 5.82 Å². The molecule has 1 amide bonds. The molecule has 0 spiro atoms. The van der Waals surface area contributed by atoms with E-state index in [1.54, 1.807) is 25.6 Å². The fourth-order valence-electron chi connectivity index (χ4n) is 1.81. The van der Waals surface area contributed by atoms with Crippen LogP contribution in [0.4, 0.5) is 5.82 Å². The Labute approximate surface area is 122 Å². The summed E-state index contributed by atoms with van der Waals surface area (Å²) in [6.45, 7) is 2.57. The summed E-state index contributed by atoms with van der Waals surface area (Å²) >= 11 is 6.01. The number of pyridine rings is 1. The Morgan fingerprint density at radius 2 is 2.35 bits per heavy atom. The number of carbonyl (C=O) groups excluding carboxylic acids is 1. The molecule has 0 saturated carbocycles. The van der Waals surface area contributed by atoms with Gasteiger partial charge in [-0.1, -0.05) is 11.6 Å². The highest BCUT2D eigenvalue weighted by atomic mass is 35.5. The van der Waals surface area contributed by atoms with Crippen LogP contribution in [0.2, 0.25) is 5.02 Å². The van der Waals surface area contributed by atoms with Crippen molar-refractivity contribution in [2.45, 2.75) is 19.5 Å². The normalized spacial score (nSPS) is 11.9. The number of aromatic nitrogens is 3. The Hall–Kier alpha value is -2.08. The van der Waals surface area contributed by atoms with Crippen LogP contribution >= 0.6 is 11.6 Å². The number of nitrogens with one attached hydrogen (secondary N) is 2. The summed E-state index contributed by atoms with van der Waals surface area (Å²) in [5.74, 6) is 0.378. The van der Waals surface area contributed by atoms with Gasteiger partial charge < -0.3 is 15.2 Å². The Kier molecular flexibility index (Phi) is 4.57. The minimum Gasteiger partial charge on any atom is -0.373 e. The summed E-state index contributed by atoms with van der Waals surface area (Å²) in [7, 11) is 1.74. The maximum Gasteiger partial charge on any atom is 0.253 e. The van der Waals surface area contributed by atoms with Crippen molar-refractivity contribution in [2.24, 2.45) is 0 Å². The molecule has 20 heavy (non-hydrogen) atoms. The van der Waals surface area contributed by atoms with Crippen molar-refractivity contribution in [2.75, 3.05) is 12.4 Å². The summed E-state index contributed by atoms with van der Waals surface area (Å²) < 4.78 is 1.90. The molecule has 1 unspecified atom stereocenters. The predicted molar refractivity (Wildman–Crippen MR) is 77.9 cm³/mol. The minimum atomic E-state index is -0.221. The van der Waals surface area contributed by atoms with Crippen LogP contribution in [0, 0.1) is 0 Å². The fraction of sp³-hybridized carbons (Fsp3) is 0.308. The van der Waals surface area contributed by atoms with Gasteiger partial charge in [-0.3, -0.25) is 4.79 Å². The van der Waals surface area contributed by atoms with E-state index < -0.39 is 0 Å². The molecule has 0 aliphatic carbocycles. The van der Waals surface area contributed by atoms with Gasteiger partial charge in [-0.05, 0) is 13.0 Å². The lowest BCUT2D eigenvalue weighted by atomic mass is 10.2. The van der Waals surface area contributed by atoms with Crippen molar-refractivity contribution < 1.29 is 4.79 Å². The molecule has 2 aromatic heterocycles. The van der Waals surface area contributed by atoms with Crippen LogP contribution in [0.5, 0.6) is 0 Å². The molecular formula is C13H16ClN5O. The Bertz CT molecular complexity index is 584. The third-order valence-electron chi connectivity index (χ3n) is 2.78. The Balaban J connectivity index is 2.04. The SMILES string of the molecule is CNc1cc(C(=O)NC(C)Cn2ccnc2)c(Cl)cn1. The topological polar surface area (TPSA) is 71.8 Å². The molecule has 0 saturated heterocycles. The molecule has 2 aromatic rings. The number of hydrogen-bond donors (Lipinski definition) is 2. The van der Waals surface area contributed by atoms with Gasteiger partial charge in [0.05, 0.1) is 16.9 Å². The molecule has 0 fully saturated rings. The van der Waals surface area contributed by atoms with Crippen molar-refractivity contribution in [3.63, 3.8) is 0 Å². The van der Waals surface area contributed by atoms with Gasteiger partial charge in [0.15, 0.2) is 0 Å². The van der Waals surface area contributed by atoms with Gasteiger partial charge in [-0.25, -0.2) is 9.97 Å². The van der Waals surface area contributed by atoms with E-state index in [9.17, 15) is 4.79 Å². The highest BCUT2D eigenvalue weighted by molar-refractivity contribution is 6.33. The molecule has 1 atom stereocenters. The molecule has 2 N–H and O–H groups in total. The molecule has 6 nitrogen and oxygen atoms in total. The standard InChI is InChI=1S/C13H16ClN5O/c1-9(7-19-4-3-16-8-19)18-13(20)10-5-12(15-2)17-6-11(10)14/h3-6,8-9H,7H2,1-2H3,(H,15,17)(H,18,20). The smallest absolute Gasteiger partial charge is 0.253 e. The van der Waals surface area contributed by atoms with Crippen molar-refractivity contribution in [1.82, 2.24) is 19.9 Å². The fourth-order valence-corrected chi connectivity index (χ4v) is 2.00. The zero-order chi connectivity index (χ0) is 14.5. The van der Waals surface area contributed by atoms with E-state index in [0.29, 0.717) is 22.9 Å². The van der Waals surface area contributed by atoms with Gasteiger partial charge in [-0.2, -0.15) is 0 Å². The van der Waals surface area contributed by atoms with Gasteiger partial charge in [0.25, 0.3) is 5.91 Å². The van der Waals surface area contributed by atoms with Crippen LogP contribution in [0.3, 0.4) is 0 Å². The molecule has 0 bridgehead atoms. The minimum absolute atomic E-state index is 0.0426. The average Bonchev–Trinajstić information content (AvgIpc) is 2.91. The second-order valence-electron chi connectivity index (χ2n) is 4.43. The number of hydrogen-bond acceptors (Lipinski definition) is 4. The maximum atomic E-state index is 12.2. The molecule has 2 heterocycles. The van der Waals surface area contributed by atoms with Gasteiger partial charge >= 0.3 is 0 Å². The average molecular weight is 294 g/mol. The third-order valence-corrected chi connectivity index (χ3v) is 3.08. The molecule has 0 aromatic carbocycles. The quantitative estimate of drug-likeness (QED) is 0.882. The zero-order valence-corrected chi connectivity index (χ0v) is 12.1. The van der Waals surface area contributed by atoms with Crippen molar-refractivity contribution in [3.05, 3.63) is 41.6 Å². The molecular weight excluding hydrogens is 278 g/mol. The summed E-state index contributed by atoms with van der Waals surface area (Å²) in [5, 5.41) is 6.11. The van der Waals surface area contributed by atoms with E-state index in [1.165, 1.54) is 6.20 Å². The van der Waals surface area contributed by atoms with Gasteiger partial charge in [0, 0.05) is 38.2 Å². The molecule has 0 aliphatic rings. The van der Waals surface area contributed by atoms with Crippen LogP contribution < -0.4 is 10.6 Å². The predicted octanol–water partition coefficient (Wildman–Crippen LogP) is 1.79. The number of amides is 1. The molecule has 106 valence electrons. The number of carbonyl (C=O) groups is 1. The highest BCUT2D eigenvalue weighted by Crippen LogP contribution is 2.17. The Morgan fingerprint density at radius 3 is 3.00 bits per heavy atom. The maximum absolute atomic E-state index is 12.2. The monoisotopic (exact) mass is 293 g/mol. The second-order valence-corrected chi connectivity index (χ2v) is 4.84. The highest BCUT2D eigenvalue weighted by Gasteiger charge is 2.14. The summed E-state index contributed by atoms with van der Waals surface area (Å²) in [6.07, 6.45) is 6.72. The van der Waals surface area contributed by atoms with E-state index >= 15 is 0 Å². The molecule has 7 heteroatoms. The molecule has 2 rings (SSSR count). The first-order valence-corrected chi connectivity index (χ1v) is 6.58. The van der Waals surface area contributed by atoms with Crippen LogP contribution in [-0.2, 0) is 6.54 Å². The number of rotatable bonds is 5. The van der Waals surface area contributed by atoms with Crippen LogP contribution in [0.25, 0.3) is 0 Å². The van der Waals surface area contributed by atoms with Crippen LogP contribution in [-0.4, -0.2) is 33.5 Å². The number of nitrogens with zero attached hydrogens (tertiary/aromatic N) is 3. The summed E-state index contributed by atoms with van der Waals surface area (Å²) in [6, 6.07) is 1.58. The zero-order valence-electron chi connectivity index (χ0n) is 11.3. The number of anilines is 1. The van der Waals surface area contributed by atoms with E-state index in [0.717, 1.165) is 0 Å². The first-order chi connectivity index (χ1) is 9.60. The van der Waals surface area contributed by atoms with E-state index in [-0.39, 0.29) is 11.9 Å². The lowest BCUT2D eigenvalue weighted by Crippen LogP contribution is -2.35. The lowest BCUT2D eigenvalue weighted by molar-refractivity contribution is 0.0937. The largest absolute Gasteiger partial charge is 0.373 e. The van der Waals surface area contributed by atoms with E-state index in [2.05, 4.69) is 20.6 Å². The van der Waals surface area contributed by atoms with Gasteiger partial charge in [0.2, 0.25) is 0 Å². The first kappa shape index (κ1) is 14.3. The first-order valence-electron chi connectivity index (χ1n) is 6.20. The van der Waals surface area contributed by atoms with Gasteiger partial charge in [-0.15, -0.1) is 0 Å². The van der Waals surface area contributed by atoms with E-state index in [4.69, 9.17) is 11.6 Å². The lowest BCUT2D eigenvalue weighted by Gasteiger charge is -2.15. The van der Waals surface area contributed by atoms with Crippen LogP contribution in [0.15, 0.2) is 31.0 Å². The Morgan fingerprint density at radius 1 is 1.55 bits per heavy atom. The summed E-state index contributed by atoms with van der Waals surface area (Å²) in [5.41, 5.74) is 0.406. The summed E-state index contributed by atoms with van der Waals surface area (Å²) in [4.78, 5) is 20.2. The third kappa shape index (κ3) is 3.48. The number of imidazole rings is 1. The van der Waals surface area contributed by atoms with Crippen molar-refractivity contribution in [3.8, 4) is 0 Å². The number of halogens is 1. The van der Waals surface area contributed by atoms with Crippen molar-refractivity contribution >= 4 is 23.3 Å². The molecule has 0 aliphatic heterocycles. The van der Waals surface area contributed by atoms with Crippen molar-refractivity contribution in [1.29, 1.82) is 0 Å². The van der Waals surface area contributed by atoms with E-state index in [1.807, 2.05) is 17.7 Å². The molecule has 0 radical (unpaired) electrons. The van der Waals surface area contributed by atoms with Crippen LogP contribution in [0.1, 0.15) is 17.3 Å². The second kappa shape index (κ2) is 6.38.